The second-order valence-electron chi connectivity index (χ2n) is 3.09. The van der Waals surface area contributed by atoms with E-state index in [1.54, 1.807) is 6.07 Å². The van der Waals surface area contributed by atoms with E-state index in [1.165, 1.54) is 0 Å². The van der Waals surface area contributed by atoms with Crippen LogP contribution >= 0.6 is 11.6 Å². The van der Waals surface area contributed by atoms with Gasteiger partial charge in [-0.05, 0) is 30.9 Å². The number of aromatic nitrogens is 1. The Morgan fingerprint density at radius 1 is 1.50 bits per heavy atom. The van der Waals surface area contributed by atoms with Gasteiger partial charge in [-0.25, -0.2) is 9.78 Å². The van der Waals surface area contributed by atoms with E-state index in [1.807, 2.05) is 0 Å². The molecule has 1 aliphatic rings. The molecule has 1 heterocycles. The molecule has 1 aromatic heterocycles. The van der Waals surface area contributed by atoms with E-state index in [0.29, 0.717) is 0 Å². The predicted octanol–water partition coefficient (Wildman–Crippen LogP) is 1.10. The van der Waals surface area contributed by atoms with Gasteiger partial charge in [-0.15, -0.1) is 0 Å². The van der Waals surface area contributed by atoms with Crippen LogP contribution in [0.1, 0.15) is 28.0 Å². The third-order valence-electron chi connectivity index (χ3n) is 2.23. The number of fused-ring (bicyclic) bond motifs is 1. The quantitative estimate of drug-likeness (QED) is 0.712. The van der Waals surface area contributed by atoms with Gasteiger partial charge in [-0.1, -0.05) is 11.6 Å². The molecule has 1 aromatic rings. The van der Waals surface area contributed by atoms with Crippen LogP contribution in [0.25, 0.3) is 0 Å². The van der Waals surface area contributed by atoms with Gasteiger partial charge in [0.05, 0.1) is 5.56 Å². The number of nitrogens with zero attached hydrogens (tertiary/aromatic N) is 1. The Morgan fingerprint density at radius 3 is 2.86 bits per heavy atom. The van der Waals surface area contributed by atoms with Crippen LogP contribution in [0.4, 0.5) is 0 Å². The number of pyridine rings is 1. The molecule has 1 aliphatic carbocycles. The lowest BCUT2D eigenvalue weighted by Gasteiger charge is -2.02. The summed E-state index contributed by atoms with van der Waals surface area (Å²) < 4.78 is 0. The second kappa shape index (κ2) is 3.94. The number of rotatable bonds is 1. The van der Waals surface area contributed by atoms with E-state index in [-0.39, 0.29) is 16.2 Å². The lowest BCUT2D eigenvalue weighted by atomic mass is 10.1. The molecule has 0 radical (unpaired) electrons. The van der Waals surface area contributed by atoms with Crippen molar-refractivity contribution >= 4 is 17.6 Å². The van der Waals surface area contributed by atoms with Crippen LogP contribution in [0.5, 0.6) is 0 Å². The van der Waals surface area contributed by atoms with Crippen molar-refractivity contribution in [3.05, 3.63) is 28.0 Å². The average molecular weight is 216 g/mol. The first-order valence-corrected chi connectivity index (χ1v) is 4.48. The molecular weight excluding hydrogens is 206 g/mol. The second-order valence-corrected chi connectivity index (χ2v) is 3.45. The normalized spacial score (nSPS) is 13.2. The number of carboxylic acid groups (broad SMARTS) is 1. The minimum Gasteiger partial charge on any atom is -0.478 e. The Hall–Kier alpha value is -1.13. The van der Waals surface area contributed by atoms with E-state index in [2.05, 4.69) is 4.98 Å². The lowest BCUT2D eigenvalue weighted by Crippen LogP contribution is -2.02. The molecule has 0 unspecified atom stereocenters. The fourth-order valence-electron chi connectivity index (χ4n) is 1.60. The molecule has 0 aliphatic heterocycles. The molecule has 3 N–H and O–H groups in total. The highest BCUT2D eigenvalue weighted by molar-refractivity contribution is 6.32. The number of carbonyl (C=O) groups is 1. The summed E-state index contributed by atoms with van der Waals surface area (Å²) >= 11 is 5.71. The van der Waals surface area contributed by atoms with Crippen molar-refractivity contribution in [3.63, 3.8) is 0 Å². The van der Waals surface area contributed by atoms with Crippen LogP contribution in [0.3, 0.4) is 0 Å². The van der Waals surface area contributed by atoms with Gasteiger partial charge in [0.1, 0.15) is 5.15 Å². The number of aryl methyl sites for hydroxylation is 2. The van der Waals surface area contributed by atoms with Crippen LogP contribution in [-0.2, 0) is 12.8 Å². The van der Waals surface area contributed by atoms with E-state index < -0.39 is 5.97 Å². The van der Waals surface area contributed by atoms with E-state index in [4.69, 9.17) is 16.7 Å². The molecule has 0 saturated heterocycles. The molecule has 0 aromatic carbocycles. The Kier molecular flexibility index (Phi) is 3.08. The number of aromatic carboxylic acids is 1. The molecule has 0 fully saturated rings. The summed E-state index contributed by atoms with van der Waals surface area (Å²) in [4.78, 5) is 14.8. The maximum atomic E-state index is 10.7. The predicted molar refractivity (Wildman–Crippen MR) is 51.8 cm³/mol. The Labute approximate surface area is 85.8 Å². The molecule has 0 spiro atoms. The highest BCUT2D eigenvalue weighted by Gasteiger charge is 2.18. The first-order valence-electron chi connectivity index (χ1n) is 4.10. The van der Waals surface area contributed by atoms with E-state index >= 15 is 0 Å². The Morgan fingerprint density at radius 2 is 2.21 bits per heavy atom. The molecule has 0 bridgehead atoms. The van der Waals surface area contributed by atoms with Gasteiger partial charge >= 0.3 is 5.97 Å². The number of hydrogen-bond donors (Lipinski definition) is 1. The molecule has 4 nitrogen and oxygen atoms in total. The third-order valence-corrected chi connectivity index (χ3v) is 2.52. The van der Waals surface area contributed by atoms with Crippen molar-refractivity contribution in [2.24, 2.45) is 0 Å². The highest BCUT2D eigenvalue weighted by Crippen LogP contribution is 2.24. The summed E-state index contributed by atoms with van der Waals surface area (Å²) in [6.07, 6.45) is 2.87. The standard InChI is InChI=1S/C9H8ClNO2.H2O/c10-8-6(9(12)13)4-5-2-1-3-7(5)11-8;/h4H,1-3H2,(H,12,13);1H2. The van der Waals surface area contributed by atoms with Gasteiger partial charge in [0, 0.05) is 5.69 Å². The van der Waals surface area contributed by atoms with E-state index in [9.17, 15) is 4.79 Å². The summed E-state index contributed by atoms with van der Waals surface area (Å²) in [5.41, 5.74) is 2.10. The van der Waals surface area contributed by atoms with Gasteiger partial charge in [-0.2, -0.15) is 0 Å². The average Bonchev–Trinajstić information content (AvgIpc) is 2.48. The number of halogens is 1. The van der Waals surface area contributed by atoms with Gasteiger partial charge < -0.3 is 10.6 Å². The maximum absolute atomic E-state index is 10.7. The number of hydrogen-bond acceptors (Lipinski definition) is 2. The Bertz CT molecular complexity index is 379. The van der Waals surface area contributed by atoms with Crippen molar-refractivity contribution in [1.82, 2.24) is 4.98 Å². The van der Waals surface area contributed by atoms with Crippen LogP contribution in [0.15, 0.2) is 6.07 Å². The zero-order valence-corrected chi connectivity index (χ0v) is 8.14. The monoisotopic (exact) mass is 215 g/mol. The van der Waals surface area contributed by atoms with Crippen LogP contribution in [0.2, 0.25) is 5.15 Å². The zero-order valence-electron chi connectivity index (χ0n) is 7.38. The largest absolute Gasteiger partial charge is 0.478 e. The minimum atomic E-state index is -1.01. The number of carboxylic acids is 1. The first kappa shape index (κ1) is 10.9. The van der Waals surface area contributed by atoms with Gasteiger partial charge in [0.2, 0.25) is 0 Å². The van der Waals surface area contributed by atoms with Gasteiger partial charge in [-0.3, -0.25) is 0 Å². The maximum Gasteiger partial charge on any atom is 0.338 e. The van der Waals surface area contributed by atoms with Crippen molar-refractivity contribution < 1.29 is 15.4 Å². The lowest BCUT2D eigenvalue weighted by molar-refractivity contribution is 0.0696. The summed E-state index contributed by atoms with van der Waals surface area (Å²) in [6.45, 7) is 0. The van der Waals surface area contributed by atoms with Crippen molar-refractivity contribution in [1.29, 1.82) is 0 Å². The molecule has 0 atom stereocenters. The summed E-state index contributed by atoms with van der Waals surface area (Å²) in [5, 5.41) is 8.88. The first-order chi connectivity index (χ1) is 6.18. The molecule has 5 heteroatoms. The van der Waals surface area contributed by atoms with Gasteiger partial charge in [0.25, 0.3) is 0 Å². The summed E-state index contributed by atoms with van der Waals surface area (Å²) in [7, 11) is 0. The highest BCUT2D eigenvalue weighted by atomic mass is 35.5. The topological polar surface area (TPSA) is 81.7 Å². The molecule has 14 heavy (non-hydrogen) atoms. The SMILES string of the molecule is O.O=C(O)c1cc2c(nc1Cl)CCC2. The summed E-state index contributed by atoms with van der Waals surface area (Å²) in [5.74, 6) is -1.01. The molecular formula is C9H10ClNO3. The summed E-state index contributed by atoms with van der Waals surface area (Å²) in [6, 6.07) is 1.64. The smallest absolute Gasteiger partial charge is 0.338 e. The van der Waals surface area contributed by atoms with Gasteiger partial charge in [0.15, 0.2) is 0 Å². The van der Waals surface area contributed by atoms with Crippen molar-refractivity contribution in [3.8, 4) is 0 Å². The molecule has 2 rings (SSSR count). The van der Waals surface area contributed by atoms with Crippen molar-refractivity contribution in [2.75, 3.05) is 0 Å². The van der Waals surface area contributed by atoms with E-state index in [0.717, 1.165) is 30.5 Å². The Balaban J connectivity index is 0.000000980. The minimum absolute atomic E-state index is 0. The third kappa shape index (κ3) is 1.71. The van der Waals surface area contributed by atoms with Crippen molar-refractivity contribution in [2.45, 2.75) is 19.3 Å². The molecule has 0 saturated carbocycles. The molecule has 0 amide bonds. The fourth-order valence-corrected chi connectivity index (χ4v) is 1.83. The van der Waals surface area contributed by atoms with Crippen LogP contribution < -0.4 is 0 Å². The van der Waals surface area contributed by atoms with Crippen LogP contribution in [-0.4, -0.2) is 21.5 Å². The zero-order chi connectivity index (χ0) is 9.42. The molecule has 76 valence electrons. The van der Waals surface area contributed by atoms with Crippen LogP contribution in [0, 0.1) is 0 Å². The fraction of sp³-hybridized carbons (Fsp3) is 0.333.